The van der Waals surface area contributed by atoms with Gasteiger partial charge in [0.2, 0.25) is 0 Å². The van der Waals surface area contributed by atoms with Crippen LogP contribution < -0.4 is 10.2 Å². The highest BCUT2D eigenvalue weighted by Crippen LogP contribution is 2.35. The average molecular weight is 293 g/mol. The van der Waals surface area contributed by atoms with E-state index in [-0.39, 0.29) is 5.82 Å². The van der Waals surface area contributed by atoms with Gasteiger partial charge in [-0.3, -0.25) is 0 Å². The summed E-state index contributed by atoms with van der Waals surface area (Å²) in [6.07, 6.45) is 4.92. The highest BCUT2D eigenvalue weighted by molar-refractivity contribution is 5.47. The third-order valence-electron chi connectivity index (χ3n) is 4.73. The van der Waals surface area contributed by atoms with Crippen LogP contribution in [0.1, 0.15) is 52.5 Å². The Labute approximate surface area is 127 Å². The normalized spacial score (nSPS) is 18.3. The molecule has 1 aliphatic heterocycles. The Kier molecular flexibility index (Phi) is 5.20. The van der Waals surface area contributed by atoms with Crippen LogP contribution in [0.4, 0.5) is 10.2 Å². The van der Waals surface area contributed by atoms with E-state index in [0.717, 1.165) is 24.5 Å². The minimum absolute atomic E-state index is 0.255. The molecule has 0 amide bonds. The van der Waals surface area contributed by atoms with E-state index in [2.05, 4.69) is 42.9 Å². The van der Waals surface area contributed by atoms with Crippen LogP contribution in [0, 0.1) is 11.2 Å². The van der Waals surface area contributed by atoms with Crippen molar-refractivity contribution in [1.82, 2.24) is 10.3 Å². The molecule has 0 radical (unpaired) electrons. The van der Waals surface area contributed by atoms with Crippen LogP contribution >= 0.6 is 0 Å². The molecule has 4 heteroatoms. The maximum Gasteiger partial charge on any atom is 0.141 e. The fourth-order valence-corrected chi connectivity index (χ4v) is 2.81. The van der Waals surface area contributed by atoms with E-state index in [0.29, 0.717) is 18.0 Å². The minimum atomic E-state index is -0.255. The van der Waals surface area contributed by atoms with Gasteiger partial charge in [0.15, 0.2) is 0 Å². The van der Waals surface area contributed by atoms with Gasteiger partial charge in [0, 0.05) is 31.2 Å². The van der Waals surface area contributed by atoms with Crippen LogP contribution in [0.5, 0.6) is 0 Å². The second-order valence-electron chi connectivity index (χ2n) is 6.82. The monoisotopic (exact) mass is 293 g/mol. The summed E-state index contributed by atoms with van der Waals surface area (Å²) in [6.45, 7) is 11.5. The van der Waals surface area contributed by atoms with Crippen molar-refractivity contribution in [3.8, 4) is 0 Å². The number of rotatable bonds is 5. The molecule has 0 aliphatic carbocycles. The first-order chi connectivity index (χ1) is 9.93. The van der Waals surface area contributed by atoms with Crippen molar-refractivity contribution in [3.05, 3.63) is 23.6 Å². The molecule has 0 aromatic carbocycles. The first-order valence-electron chi connectivity index (χ1n) is 8.06. The Morgan fingerprint density at radius 2 is 2.05 bits per heavy atom. The molecule has 1 aromatic rings. The summed E-state index contributed by atoms with van der Waals surface area (Å²) in [5.41, 5.74) is 1.41. The Morgan fingerprint density at radius 1 is 1.38 bits per heavy atom. The summed E-state index contributed by atoms with van der Waals surface area (Å²) in [5, 5.41) is 3.36. The molecule has 0 saturated carbocycles. The highest BCUT2D eigenvalue weighted by atomic mass is 19.1. The largest absolute Gasteiger partial charge is 0.356 e. The van der Waals surface area contributed by atoms with Gasteiger partial charge in [-0.1, -0.05) is 34.1 Å². The van der Waals surface area contributed by atoms with E-state index in [9.17, 15) is 4.39 Å². The fourth-order valence-electron chi connectivity index (χ4n) is 2.81. The molecular weight excluding hydrogens is 265 g/mol. The zero-order valence-corrected chi connectivity index (χ0v) is 13.7. The molecule has 2 rings (SSSR count). The summed E-state index contributed by atoms with van der Waals surface area (Å²) in [5.74, 6) is 0.692. The Hall–Kier alpha value is -1.16. The molecule has 3 nitrogen and oxygen atoms in total. The van der Waals surface area contributed by atoms with Crippen molar-refractivity contribution in [3.63, 3.8) is 0 Å². The van der Waals surface area contributed by atoms with Gasteiger partial charge in [-0.15, -0.1) is 0 Å². The predicted octanol–water partition coefficient (Wildman–Crippen LogP) is 3.74. The van der Waals surface area contributed by atoms with Crippen molar-refractivity contribution < 1.29 is 4.39 Å². The molecule has 0 atom stereocenters. The number of pyridine rings is 1. The van der Waals surface area contributed by atoms with Crippen molar-refractivity contribution >= 4 is 5.82 Å². The molecule has 2 heterocycles. The maximum atomic E-state index is 13.5. The number of piperidine rings is 1. The number of halogens is 1. The lowest BCUT2D eigenvalue weighted by Crippen LogP contribution is -2.39. The van der Waals surface area contributed by atoms with E-state index in [1.54, 1.807) is 6.07 Å². The van der Waals surface area contributed by atoms with E-state index < -0.39 is 0 Å². The summed E-state index contributed by atoms with van der Waals surface area (Å²) in [6, 6.07) is 2.00. The number of hydrogen-bond donors (Lipinski definition) is 1. The zero-order chi connectivity index (χ0) is 15.5. The van der Waals surface area contributed by atoms with Crippen molar-refractivity contribution in [2.45, 2.75) is 59.5 Å². The standard InChI is InChI=1S/C17H28FN3/c1-5-17(4)6-8-21(9-7-17)16-14(11-19-13(2)3)10-15(18)12-20-16/h10,12-13,19H,5-9,11H2,1-4H3. The van der Waals surface area contributed by atoms with Crippen LogP contribution in [-0.4, -0.2) is 24.1 Å². The van der Waals surface area contributed by atoms with Crippen LogP contribution in [0.25, 0.3) is 0 Å². The van der Waals surface area contributed by atoms with Gasteiger partial charge < -0.3 is 10.2 Å². The zero-order valence-electron chi connectivity index (χ0n) is 13.7. The second-order valence-corrected chi connectivity index (χ2v) is 6.82. The maximum absolute atomic E-state index is 13.5. The number of nitrogens with one attached hydrogen (secondary N) is 1. The second kappa shape index (κ2) is 6.73. The third kappa shape index (κ3) is 4.16. The third-order valence-corrected chi connectivity index (χ3v) is 4.73. The van der Waals surface area contributed by atoms with Crippen LogP contribution in [0.15, 0.2) is 12.3 Å². The van der Waals surface area contributed by atoms with Gasteiger partial charge in [-0.05, 0) is 24.3 Å². The predicted molar refractivity (Wildman–Crippen MR) is 86.0 cm³/mol. The average Bonchev–Trinajstić information content (AvgIpc) is 2.46. The first-order valence-corrected chi connectivity index (χ1v) is 8.06. The molecule has 1 aromatic heterocycles. The molecule has 0 bridgehead atoms. The SMILES string of the molecule is CCC1(C)CCN(c2ncc(F)cc2CNC(C)C)CC1. The van der Waals surface area contributed by atoms with Gasteiger partial charge in [0.25, 0.3) is 0 Å². The molecule has 1 saturated heterocycles. The van der Waals surface area contributed by atoms with E-state index in [1.165, 1.54) is 25.5 Å². The lowest BCUT2D eigenvalue weighted by molar-refractivity contribution is 0.237. The molecule has 1 N–H and O–H groups in total. The quantitative estimate of drug-likeness (QED) is 0.896. The number of aromatic nitrogens is 1. The van der Waals surface area contributed by atoms with Crippen molar-refractivity contribution in [2.24, 2.45) is 5.41 Å². The lowest BCUT2D eigenvalue weighted by Gasteiger charge is -2.40. The minimum Gasteiger partial charge on any atom is -0.356 e. The summed E-state index contributed by atoms with van der Waals surface area (Å²) in [7, 11) is 0. The van der Waals surface area contributed by atoms with Crippen LogP contribution in [0.2, 0.25) is 0 Å². The summed E-state index contributed by atoms with van der Waals surface area (Å²) >= 11 is 0. The molecule has 1 aliphatic rings. The Balaban J connectivity index is 2.12. The van der Waals surface area contributed by atoms with Gasteiger partial charge in [-0.2, -0.15) is 0 Å². The molecule has 118 valence electrons. The van der Waals surface area contributed by atoms with Crippen molar-refractivity contribution in [1.29, 1.82) is 0 Å². The van der Waals surface area contributed by atoms with Gasteiger partial charge >= 0.3 is 0 Å². The smallest absolute Gasteiger partial charge is 0.141 e. The highest BCUT2D eigenvalue weighted by Gasteiger charge is 2.29. The van der Waals surface area contributed by atoms with E-state index >= 15 is 0 Å². The molecule has 0 unspecified atom stereocenters. The van der Waals surface area contributed by atoms with Crippen LogP contribution in [-0.2, 0) is 6.54 Å². The summed E-state index contributed by atoms with van der Waals surface area (Å²) in [4.78, 5) is 6.68. The fraction of sp³-hybridized carbons (Fsp3) is 0.706. The number of anilines is 1. The molecule has 21 heavy (non-hydrogen) atoms. The van der Waals surface area contributed by atoms with E-state index in [1.807, 2.05) is 0 Å². The van der Waals surface area contributed by atoms with Gasteiger partial charge in [-0.25, -0.2) is 9.37 Å². The topological polar surface area (TPSA) is 28.2 Å². The lowest BCUT2D eigenvalue weighted by atomic mass is 9.78. The molecular formula is C17H28FN3. The number of hydrogen-bond acceptors (Lipinski definition) is 3. The van der Waals surface area contributed by atoms with Crippen molar-refractivity contribution in [2.75, 3.05) is 18.0 Å². The molecule has 1 fully saturated rings. The molecule has 0 spiro atoms. The summed E-state index contributed by atoms with van der Waals surface area (Å²) < 4.78 is 13.5. The van der Waals surface area contributed by atoms with Crippen LogP contribution in [0.3, 0.4) is 0 Å². The van der Waals surface area contributed by atoms with E-state index in [4.69, 9.17) is 0 Å². The van der Waals surface area contributed by atoms with Gasteiger partial charge in [0.05, 0.1) is 6.20 Å². The first kappa shape index (κ1) is 16.2. The van der Waals surface area contributed by atoms with Gasteiger partial charge in [0.1, 0.15) is 11.6 Å². The Morgan fingerprint density at radius 3 is 2.62 bits per heavy atom. The number of nitrogens with zero attached hydrogens (tertiary/aromatic N) is 2. The Bertz CT molecular complexity index is 465.